The average molecular weight is 1510 g/mol. The summed E-state index contributed by atoms with van der Waals surface area (Å²) in [6, 6.07) is 15.7. The molecule has 7 heterocycles. The van der Waals surface area contributed by atoms with Crippen molar-refractivity contribution >= 4 is 96.3 Å². The largest absolute Gasteiger partial charge is 0.478 e. The molecule has 10 aliphatic rings. The van der Waals surface area contributed by atoms with E-state index < -0.39 is 73.1 Å². The van der Waals surface area contributed by atoms with Crippen LogP contribution >= 0.6 is 23.1 Å². The van der Waals surface area contributed by atoms with Gasteiger partial charge in [-0.2, -0.15) is 0 Å². The summed E-state index contributed by atoms with van der Waals surface area (Å²) in [6.45, 7) is 21.6. The lowest BCUT2D eigenvalue weighted by Crippen LogP contribution is -2.54. The quantitative estimate of drug-likeness (QED) is 0.0693. The van der Waals surface area contributed by atoms with Crippen LogP contribution in [-0.2, 0) is 57.5 Å². The van der Waals surface area contributed by atoms with Crippen molar-refractivity contribution in [2.24, 2.45) is 38.2 Å². The number of carboxylic acid groups (broad SMARTS) is 1. The van der Waals surface area contributed by atoms with Crippen LogP contribution in [0.4, 0.5) is 20.2 Å². The zero-order chi connectivity index (χ0) is 72.4. The van der Waals surface area contributed by atoms with E-state index in [1.807, 2.05) is 32.6 Å². The summed E-state index contributed by atoms with van der Waals surface area (Å²) in [6.07, 6.45) is 15.5. The molecule has 21 nitrogen and oxygen atoms in total. The highest BCUT2D eigenvalue weighted by atomic mass is 35.7. The second-order valence-electron chi connectivity index (χ2n) is 30.6. The van der Waals surface area contributed by atoms with Gasteiger partial charge in [-0.15, -0.1) is 12.4 Å². The number of piperidine rings is 3. The third-order valence-electron chi connectivity index (χ3n) is 20.6. The average Bonchev–Trinajstić information content (AvgIpc) is 1.22. The third kappa shape index (κ3) is 20.9. The minimum absolute atomic E-state index is 0. The summed E-state index contributed by atoms with van der Waals surface area (Å²) in [4.78, 5) is 50.0. The Morgan fingerprint density at radius 3 is 1.00 bits per heavy atom. The molecule has 4 aromatic carbocycles. The lowest BCUT2D eigenvalue weighted by molar-refractivity contribution is -0.0870. The Morgan fingerprint density at radius 1 is 0.460 bits per heavy atom. The molecule has 0 radical (unpaired) electrons. The van der Waals surface area contributed by atoms with Gasteiger partial charge in [0.2, 0.25) is 0 Å². The fraction of sp³-hybridized carbons (Fsp3) is 0.606. The van der Waals surface area contributed by atoms with Crippen LogP contribution in [0.3, 0.4) is 0 Å². The van der Waals surface area contributed by atoms with Crippen molar-refractivity contribution in [3.05, 3.63) is 107 Å². The Labute approximate surface area is 598 Å². The van der Waals surface area contributed by atoms with Gasteiger partial charge in [0.25, 0.3) is 9.05 Å². The molecule has 0 bridgehead atoms. The number of rotatable bonds is 16. The summed E-state index contributed by atoms with van der Waals surface area (Å²) in [7, 11) is -9.44. The number of nitrogens with one attached hydrogen (secondary N) is 1. The van der Waals surface area contributed by atoms with Gasteiger partial charge in [-0.1, -0.05) is 20.8 Å². The number of nitrogens with two attached hydrogens (primary N) is 1. The van der Waals surface area contributed by atoms with Crippen LogP contribution in [0.2, 0.25) is 0 Å². The van der Waals surface area contributed by atoms with E-state index in [9.17, 15) is 66.7 Å². The number of ketones is 3. The maximum absolute atomic E-state index is 13.7. The van der Waals surface area contributed by atoms with Crippen LogP contribution in [-0.4, -0.2) is 177 Å². The van der Waals surface area contributed by atoms with Crippen molar-refractivity contribution in [2.45, 2.75) is 151 Å². The lowest BCUT2D eigenvalue weighted by atomic mass is 9.92. The van der Waals surface area contributed by atoms with Gasteiger partial charge >= 0.3 is 5.97 Å². The maximum Gasteiger partial charge on any atom is 0.337 e. The summed E-state index contributed by atoms with van der Waals surface area (Å²) < 4.78 is 144. The Morgan fingerprint density at radius 2 is 0.740 bits per heavy atom. The van der Waals surface area contributed by atoms with Crippen molar-refractivity contribution in [1.82, 2.24) is 5.32 Å². The fourth-order valence-corrected chi connectivity index (χ4v) is 19.6. The predicted molar refractivity (Wildman–Crippen MR) is 379 cm³/mol. The van der Waals surface area contributed by atoms with E-state index in [0.717, 1.165) is 100 Å². The number of hydrogen-bond acceptors (Lipinski definition) is 20. The molecule has 29 heteroatoms. The smallest absolute Gasteiger partial charge is 0.337 e. The van der Waals surface area contributed by atoms with Crippen molar-refractivity contribution in [1.29, 1.82) is 0 Å². The van der Waals surface area contributed by atoms with Crippen molar-refractivity contribution in [3.8, 4) is 0 Å². The van der Waals surface area contributed by atoms with Gasteiger partial charge in [0.05, 0.1) is 118 Å². The molecule has 7 saturated heterocycles. The molecule has 0 aromatic heterocycles. The molecule has 4 N–H and O–H groups in total. The first-order valence-electron chi connectivity index (χ1n) is 33.7. The molecular formula is C71H96Cl2F2N4O17S4. The topological polar surface area (TPSA) is 307 Å². The number of ether oxygens (including phenoxy) is 4. The Kier molecular flexibility index (Phi) is 25.3. The summed E-state index contributed by atoms with van der Waals surface area (Å²) in [5.74, 6) is -3.61. The van der Waals surface area contributed by atoms with Crippen LogP contribution < -0.4 is 20.9 Å². The van der Waals surface area contributed by atoms with E-state index in [4.69, 9.17) is 35.4 Å². The molecule has 10 fully saturated rings. The number of sulfone groups is 3. The van der Waals surface area contributed by atoms with Crippen LogP contribution in [0, 0.1) is 44.1 Å². The van der Waals surface area contributed by atoms with Crippen molar-refractivity contribution in [2.75, 3.05) is 119 Å². The molecule has 3 saturated carbocycles. The summed E-state index contributed by atoms with van der Waals surface area (Å²) in [5.41, 5.74) is 8.16. The third-order valence-corrected chi connectivity index (χ3v) is 28.1. The molecular weight excluding hydrogens is 1420 g/mol. The first-order chi connectivity index (χ1) is 46.1. The van der Waals surface area contributed by atoms with E-state index in [2.05, 4.69) is 10.2 Å². The van der Waals surface area contributed by atoms with Gasteiger partial charge in [0, 0.05) is 64.4 Å². The molecule has 0 amide bonds. The number of nitrogens with zero attached hydrogens (tertiary/aromatic N) is 2. The number of halogens is 4. The summed E-state index contributed by atoms with van der Waals surface area (Å²) >= 11 is 0. The highest BCUT2D eigenvalue weighted by Gasteiger charge is 2.47. The van der Waals surface area contributed by atoms with Crippen molar-refractivity contribution < 1.29 is 85.7 Å². The van der Waals surface area contributed by atoms with E-state index in [0.29, 0.717) is 66.6 Å². The maximum atomic E-state index is 13.7. The van der Waals surface area contributed by atoms with Gasteiger partial charge in [-0.3, -0.25) is 14.4 Å². The van der Waals surface area contributed by atoms with Crippen LogP contribution in [0.5, 0.6) is 0 Å². The fourth-order valence-electron chi connectivity index (χ4n) is 13.4. The molecule has 7 aliphatic heterocycles. The Bertz CT molecular complexity index is 4000. The van der Waals surface area contributed by atoms with E-state index in [1.54, 1.807) is 31.2 Å². The monoisotopic (exact) mass is 1510 g/mol. The van der Waals surface area contributed by atoms with Gasteiger partial charge in [0.15, 0.2) is 46.9 Å². The molecule has 3 aliphatic carbocycles. The molecule has 554 valence electrons. The standard InChI is InChI=1S/C20H27NO4S.C19H25NO5S.C13H15FO4S.C8H6ClFO3S.C7H13N.C4H9NO.ClH/c1-15(22)17-4-3-16(26(23,24)14-19(2)12-25-13-19)11-18(17)21-9-7-20(5-6-20)8-10-21;1-18(11-25-12-18)13-26(23,24)14-2-3-15(17(21)22)16(10-14)20-8-6-19(4-5-19)7-9-20;1-9(15)11-4-3-10(5-12(11)14)19(16,17)8-13(2)6-18-7-13;1-5(11)7-3-2-6(4-8(7)10)14(9,12)13;1-2-7(1)3-5-8-6-4-7;1-4(5)2-6-3-4;/h3-4,11H,5-10,12-14H2,1-2H3;2-3,10H,4-9,11-13H2,1H3,(H,21,22);3-5H,6-8H2,1-2H3;2-4H,1H3;8H,1-6H2;2-3,5H2,1H3;1H. The number of anilines is 2. The molecule has 0 unspecified atom stereocenters. The van der Waals surface area contributed by atoms with Crippen LogP contribution in [0.1, 0.15) is 167 Å². The van der Waals surface area contributed by atoms with Gasteiger partial charge in [0.1, 0.15) is 11.6 Å². The van der Waals surface area contributed by atoms with E-state index in [-0.39, 0.29) is 83.2 Å². The number of aromatic carboxylic acids is 1. The normalized spacial score (nSPS) is 21.6. The van der Waals surface area contributed by atoms with Crippen LogP contribution in [0.15, 0.2) is 92.4 Å². The zero-order valence-electron chi connectivity index (χ0n) is 58.1. The van der Waals surface area contributed by atoms with E-state index >= 15 is 0 Å². The SMILES string of the molecule is C1CC2(CCN1)CC2.CC(=O)c1ccc(S(=O)(=O)CC2(C)COC2)cc1F.CC(=O)c1ccc(S(=O)(=O)CC2(C)COC2)cc1N1CCC2(CC1)CC2.CC(=O)c1ccc(S(=O)(=O)Cl)cc1F.CC1(CS(=O)(=O)c2ccc(C(=O)O)c(N3CCC4(CC3)CC4)c2)COC1.CC1(N)COC1.Cl. The highest BCUT2D eigenvalue weighted by Crippen LogP contribution is 2.56. The highest BCUT2D eigenvalue weighted by molar-refractivity contribution is 8.13. The predicted octanol–water partition coefficient (Wildman–Crippen LogP) is 10.8. The van der Waals surface area contributed by atoms with Crippen molar-refractivity contribution in [3.63, 3.8) is 0 Å². The lowest BCUT2D eigenvalue weighted by Gasteiger charge is -2.38. The second kappa shape index (κ2) is 31.3. The molecule has 100 heavy (non-hydrogen) atoms. The number of Topliss-reactive ketones (excluding diaryl/α,β-unsaturated/α-hetero) is 3. The minimum Gasteiger partial charge on any atom is -0.478 e. The number of carbonyl (C=O) groups excluding carboxylic acids is 3. The minimum atomic E-state index is -3.95. The van der Waals surface area contributed by atoms with Gasteiger partial charge in [-0.05, 0) is 207 Å². The first kappa shape index (κ1) is 80.6. The van der Waals surface area contributed by atoms with Gasteiger partial charge in [-0.25, -0.2) is 47.2 Å². The van der Waals surface area contributed by atoms with Gasteiger partial charge < -0.3 is 44.9 Å². The molecule has 3 spiro atoms. The Balaban J connectivity index is 0.000000161. The Hall–Kier alpha value is -5.04. The number of carboxylic acids is 1. The number of benzene rings is 4. The number of carbonyl (C=O) groups is 4. The molecule has 4 aromatic rings. The summed E-state index contributed by atoms with van der Waals surface area (Å²) in [5, 5.41) is 12.9. The molecule has 14 rings (SSSR count). The second-order valence-corrected chi connectivity index (χ2v) is 39.1. The van der Waals surface area contributed by atoms with E-state index in [1.165, 1.54) is 103 Å². The molecule has 0 atom stereocenters. The zero-order valence-corrected chi connectivity index (χ0v) is 62.9. The number of hydrogen-bond donors (Lipinski definition) is 3. The first-order valence-corrected chi connectivity index (χ1v) is 41.0. The van der Waals surface area contributed by atoms with Crippen LogP contribution in [0.25, 0.3) is 0 Å².